The van der Waals surface area contributed by atoms with Crippen molar-refractivity contribution in [2.75, 3.05) is 6.61 Å². The summed E-state index contributed by atoms with van der Waals surface area (Å²) in [5.74, 6) is -0.412. The number of ether oxygens (including phenoxy) is 2. The number of phenols is 3. The lowest BCUT2D eigenvalue weighted by Gasteiger charge is -2.36. The van der Waals surface area contributed by atoms with Crippen molar-refractivity contribution in [1.82, 2.24) is 0 Å². The summed E-state index contributed by atoms with van der Waals surface area (Å²) in [6.07, 6.45) is -4.45. The first kappa shape index (κ1) is 24.9. The van der Waals surface area contributed by atoms with Crippen molar-refractivity contribution in [3.63, 3.8) is 0 Å². The van der Waals surface area contributed by atoms with Gasteiger partial charge < -0.3 is 40.1 Å². The van der Waals surface area contributed by atoms with Crippen LogP contribution in [-0.2, 0) is 27.1 Å². The Bertz CT molecular complexity index is 915. The fraction of sp³-hybridized carbons (Fsp3) is 0.458. The van der Waals surface area contributed by atoms with Crippen LogP contribution in [0.15, 0.2) is 42.5 Å². The molecule has 1 fully saturated rings. The number of hydrogen-bond donors (Lipinski definition) is 6. The molecule has 6 N–H and O–H groups in total. The fourth-order valence-corrected chi connectivity index (χ4v) is 3.66. The van der Waals surface area contributed by atoms with Crippen LogP contribution in [-0.4, -0.2) is 73.7 Å². The van der Waals surface area contributed by atoms with E-state index >= 15 is 0 Å². The standard InChI is InChI=1S/C24H30O9/c25-16-6-1-14(2-7-16)3-8-17(26)12-18(9-4-15-5-10-19(27)20(28)11-15)33-24-23(31)22(30)21(29)13-32-24/h1-2,5-7,10-11,18,21-25,27-31H,3-4,8-9,12-13H2. The van der Waals surface area contributed by atoms with Gasteiger partial charge >= 0.3 is 0 Å². The van der Waals surface area contributed by atoms with Gasteiger partial charge in [0.25, 0.3) is 0 Å². The zero-order chi connectivity index (χ0) is 24.0. The number of carbonyl (C=O) groups excluding carboxylic acids is 1. The molecule has 0 bridgehead atoms. The molecule has 9 heteroatoms. The Balaban J connectivity index is 1.62. The van der Waals surface area contributed by atoms with E-state index in [2.05, 4.69) is 0 Å². The molecule has 5 unspecified atom stereocenters. The molecule has 9 nitrogen and oxygen atoms in total. The second-order valence-corrected chi connectivity index (χ2v) is 8.28. The van der Waals surface area contributed by atoms with E-state index in [1.807, 2.05) is 0 Å². The maximum absolute atomic E-state index is 12.6. The molecule has 0 amide bonds. The van der Waals surface area contributed by atoms with Gasteiger partial charge in [-0.05, 0) is 54.7 Å². The van der Waals surface area contributed by atoms with Gasteiger partial charge in [-0.15, -0.1) is 0 Å². The van der Waals surface area contributed by atoms with E-state index in [9.17, 15) is 35.4 Å². The van der Waals surface area contributed by atoms with Crippen LogP contribution in [0.1, 0.15) is 30.4 Å². The number of phenolic OH excluding ortho intramolecular Hbond substituents is 3. The van der Waals surface area contributed by atoms with Crippen LogP contribution in [0.3, 0.4) is 0 Å². The Morgan fingerprint density at radius 1 is 0.939 bits per heavy atom. The van der Waals surface area contributed by atoms with Gasteiger partial charge in [-0.3, -0.25) is 4.79 Å². The number of aliphatic hydroxyl groups is 3. The van der Waals surface area contributed by atoms with Gasteiger partial charge in [0.2, 0.25) is 0 Å². The second kappa shape index (κ2) is 11.4. The first-order chi connectivity index (χ1) is 15.7. The smallest absolute Gasteiger partial charge is 0.186 e. The number of ketones is 1. The van der Waals surface area contributed by atoms with Crippen molar-refractivity contribution < 1.29 is 44.9 Å². The van der Waals surface area contributed by atoms with E-state index in [0.29, 0.717) is 19.3 Å². The molecule has 5 atom stereocenters. The number of hydrogen-bond acceptors (Lipinski definition) is 9. The van der Waals surface area contributed by atoms with E-state index < -0.39 is 30.7 Å². The topological polar surface area (TPSA) is 157 Å². The predicted octanol–water partition coefficient (Wildman–Crippen LogP) is 1.15. The lowest BCUT2D eigenvalue weighted by Crippen LogP contribution is -2.54. The van der Waals surface area contributed by atoms with E-state index in [1.165, 1.54) is 12.1 Å². The quantitative estimate of drug-likeness (QED) is 0.285. The average Bonchev–Trinajstić information content (AvgIpc) is 2.79. The highest BCUT2D eigenvalue weighted by Gasteiger charge is 2.39. The van der Waals surface area contributed by atoms with Crippen LogP contribution in [0.2, 0.25) is 0 Å². The molecule has 0 saturated carbocycles. The first-order valence-electron chi connectivity index (χ1n) is 10.8. The van der Waals surface area contributed by atoms with Crippen LogP contribution < -0.4 is 0 Å². The number of Topliss-reactive ketones (excluding diaryl/α,β-unsaturated/α-hetero) is 1. The Kier molecular flexibility index (Phi) is 8.65. The van der Waals surface area contributed by atoms with Gasteiger partial charge in [0, 0.05) is 12.8 Å². The molecule has 1 aliphatic rings. The van der Waals surface area contributed by atoms with Gasteiger partial charge in [-0.25, -0.2) is 0 Å². The third-order valence-electron chi connectivity index (χ3n) is 5.66. The van der Waals surface area contributed by atoms with E-state index in [-0.39, 0.29) is 42.5 Å². The molecule has 1 saturated heterocycles. The molecule has 0 aliphatic carbocycles. The fourth-order valence-electron chi connectivity index (χ4n) is 3.66. The second-order valence-electron chi connectivity index (χ2n) is 8.28. The molecule has 3 rings (SSSR count). The normalized spacial score (nSPS) is 23.8. The summed E-state index contributed by atoms with van der Waals surface area (Å²) >= 11 is 0. The van der Waals surface area contributed by atoms with E-state index in [1.54, 1.807) is 30.3 Å². The zero-order valence-electron chi connectivity index (χ0n) is 18.1. The van der Waals surface area contributed by atoms with E-state index in [4.69, 9.17) is 9.47 Å². The van der Waals surface area contributed by atoms with Crippen molar-refractivity contribution in [2.24, 2.45) is 0 Å². The Hall–Kier alpha value is -2.69. The minimum atomic E-state index is -1.47. The summed E-state index contributed by atoms with van der Waals surface area (Å²) in [7, 11) is 0. The van der Waals surface area contributed by atoms with Crippen LogP contribution in [0.25, 0.3) is 0 Å². The van der Waals surface area contributed by atoms with Crippen LogP contribution >= 0.6 is 0 Å². The molecule has 2 aromatic carbocycles. The predicted molar refractivity (Wildman–Crippen MR) is 117 cm³/mol. The highest BCUT2D eigenvalue weighted by molar-refractivity contribution is 5.79. The van der Waals surface area contributed by atoms with Crippen molar-refractivity contribution in [3.05, 3.63) is 53.6 Å². The van der Waals surface area contributed by atoms with Crippen molar-refractivity contribution >= 4 is 5.78 Å². The third-order valence-corrected chi connectivity index (χ3v) is 5.66. The minimum Gasteiger partial charge on any atom is -0.508 e. The molecule has 33 heavy (non-hydrogen) atoms. The Labute approximate surface area is 191 Å². The van der Waals surface area contributed by atoms with Crippen molar-refractivity contribution in [2.45, 2.75) is 62.8 Å². The van der Waals surface area contributed by atoms with Crippen LogP contribution in [0, 0.1) is 0 Å². The number of rotatable bonds is 10. The maximum Gasteiger partial charge on any atom is 0.186 e. The number of aryl methyl sites for hydroxylation is 2. The first-order valence-corrected chi connectivity index (χ1v) is 10.8. The molecule has 1 aliphatic heterocycles. The molecule has 2 aromatic rings. The number of carbonyl (C=O) groups is 1. The lowest BCUT2D eigenvalue weighted by molar-refractivity contribution is -0.282. The molecule has 0 aromatic heterocycles. The Morgan fingerprint density at radius 2 is 1.64 bits per heavy atom. The molecular weight excluding hydrogens is 432 g/mol. The van der Waals surface area contributed by atoms with Gasteiger partial charge in [0.05, 0.1) is 12.7 Å². The average molecular weight is 462 g/mol. The maximum atomic E-state index is 12.6. The van der Waals surface area contributed by atoms with Gasteiger partial charge in [-0.2, -0.15) is 0 Å². The van der Waals surface area contributed by atoms with Gasteiger partial charge in [0.1, 0.15) is 29.8 Å². The summed E-state index contributed by atoms with van der Waals surface area (Å²) in [5.41, 5.74) is 1.62. The molecule has 180 valence electrons. The molecular formula is C24H30O9. The highest BCUT2D eigenvalue weighted by atomic mass is 16.7. The molecule has 1 heterocycles. The van der Waals surface area contributed by atoms with Crippen LogP contribution in [0.4, 0.5) is 0 Å². The Morgan fingerprint density at radius 3 is 2.33 bits per heavy atom. The monoisotopic (exact) mass is 462 g/mol. The summed E-state index contributed by atoms with van der Waals surface area (Å²) in [6, 6.07) is 11.0. The van der Waals surface area contributed by atoms with E-state index in [0.717, 1.165) is 11.1 Å². The number of aliphatic hydroxyl groups excluding tert-OH is 3. The molecule has 0 spiro atoms. The van der Waals surface area contributed by atoms with Crippen molar-refractivity contribution in [1.29, 1.82) is 0 Å². The third kappa shape index (κ3) is 7.15. The summed E-state index contributed by atoms with van der Waals surface area (Å²) in [5, 5.41) is 58.3. The highest BCUT2D eigenvalue weighted by Crippen LogP contribution is 2.27. The van der Waals surface area contributed by atoms with Crippen LogP contribution in [0.5, 0.6) is 17.2 Å². The molecule has 0 radical (unpaired) electrons. The summed E-state index contributed by atoms with van der Waals surface area (Å²) in [6.45, 7) is -0.212. The summed E-state index contributed by atoms with van der Waals surface area (Å²) in [4.78, 5) is 12.6. The van der Waals surface area contributed by atoms with Gasteiger partial charge in [-0.1, -0.05) is 18.2 Å². The lowest BCUT2D eigenvalue weighted by atomic mass is 9.99. The number of benzene rings is 2. The van der Waals surface area contributed by atoms with Crippen molar-refractivity contribution in [3.8, 4) is 17.2 Å². The number of aromatic hydroxyl groups is 3. The minimum absolute atomic E-state index is 0.0351. The zero-order valence-corrected chi connectivity index (χ0v) is 18.1. The van der Waals surface area contributed by atoms with Gasteiger partial charge in [0.15, 0.2) is 17.8 Å². The largest absolute Gasteiger partial charge is 0.508 e. The SMILES string of the molecule is O=C(CCc1ccc(O)cc1)CC(CCc1ccc(O)c(O)c1)OC1OCC(O)C(O)C1O. The summed E-state index contributed by atoms with van der Waals surface area (Å²) < 4.78 is 11.1.